The lowest BCUT2D eigenvalue weighted by Crippen LogP contribution is -2.45. The molecule has 1 fully saturated rings. The molecular formula is C20H24N2O3S. The number of anilines is 1. The Labute approximate surface area is 154 Å². The Morgan fingerprint density at radius 2 is 1.92 bits per heavy atom. The minimum Gasteiger partial charge on any atom is -0.373 e. The molecule has 4 rings (SSSR count). The Bertz CT molecular complexity index is 974. The fourth-order valence-electron chi connectivity index (χ4n) is 4.23. The quantitative estimate of drug-likeness (QED) is 0.895. The smallest absolute Gasteiger partial charge is 0.244 e. The maximum atomic E-state index is 12.8. The predicted octanol–water partition coefficient (Wildman–Crippen LogP) is 2.38. The van der Waals surface area contributed by atoms with Crippen LogP contribution >= 0.6 is 0 Å². The summed E-state index contributed by atoms with van der Waals surface area (Å²) in [5.41, 5.74) is 3.70. The molecule has 0 aromatic heterocycles. The van der Waals surface area contributed by atoms with Crippen molar-refractivity contribution in [3.63, 3.8) is 0 Å². The molecule has 2 aromatic rings. The fourth-order valence-corrected chi connectivity index (χ4v) is 6.01. The Kier molecular flexibility index (Phi) is 4.18. The van der Waals surface area contributed by atoms with Gasteiger partial charge in [0, 0.05) is 24.2 Å². The van der Waals surface area contributed by atoms with Crippen LogP contribution in [0.15, 0.2) is 30.3 Å². The summed E-state index contributed by atoms with van der Waals surface area (Å²) in [4.78, 5) is 14.4. The highest BCUT2D eigenvalue weighted by Crippen LogP contribution is 2.35. The van der Waals surface area contributed by atoms with Crippen molar-refractivity contribution in [1.29, 1.82) is 0 Å². The van der Waals surface area contributed by atoms with E-state index in [2.05, 4.69) is 35.6 Å². The summed E-state index contributed by atoms with van der Waals surface area (Å²) in [5, 5.41) is 5.82. The number of sulfone groups is 1. The van der Waals surface area contributed by atoms with Gasteiger partial charge in [-0.1, -0.05) is 24.3 Å². The minimum absolute atomic E-state index is 0.0724. The molecule has 1 saturated heterocycles. The number of carbonyl (C=O) groups is 1. The molecule has 2 aromatic carbocycles. The molecule has 1 N–H and O–H groups in total. The average molecular weight is 372 g/mol. The van der Waals surface area contributed by atoms with Crippen LogP contribution in [-0.4, -0.2) is 49.9 Å². The summed E-state index contributed by atoms with van der Waals surface area (Å²) in [5.74, 6) is 0.171. The molecule has 0 unspecified atom stereocenters. The van der Waals surface area contributed by atoms with E-state index in [9.17, 15) is 13.2 Å². The zero-order valence-electron chi connectivity index (χ0n) is 15.2. The van der Waals surface area contributed by atoms with Crippen LogP contribution < -0.4 is 5.32 Å². The molecule has 0 saturated carbocycles. The zero-order chi connectivity index (χ0) is 18.5. The SMILES string of the molecule is C[C@H](Nc1ccc2c3c(cccc13)CC2)C(=O)N(C)[C@H]1CCS(=O)(=O)C1. The normalized spacial score (nSPS) is 21.7. The Morgan fingerprint density at radius 3 is 2.62 bits per heavy atom. The third-order valence-electron chi connectivity index (χ3n) is 5.72. The van der Waals surface area contributed by atoms with Crippen LogP contribution in [0.1, 0.15) is 24.5 Å². The van der Waals surface area contributed by atoms with Crippen molar-refractivity contribution in [2.75, 3.05) is 23.9 Å². The Balaban J connectivity index is 1.54. The fraction of sp³-hybridized carbons (Fsp3) is 0.450. The topological polar surface area (TPSA) is 66.5 Å². The summed E-state index contributed by atoms with van der Waals surface area (Å²) in [6.45, 7) is 1.84. The number of aryl methyl sites for hydroxylation is 2. The molecule has 5 nitrogen and oxygen atoms in total. The maximum Gasteiger partial charge on any atom is 0.244 e. The molecule has 0 spiro atoms. The number of hydrogen-bond donors (Lipinski definition) is 1. The van der Waals surface area contributed by atoms with Gasteiger partial charge in [-0.3, -0.25) is 4.79 Å². The van der Waals surface area contributed by atoms with E-state index in [1.165, 1.54) is 16.5 Å². The van der Waals surface area contributed by atoms with Gasteiger partial charge >= 0.3 is 0 Å². The number of amides is 1. The Morgan fingerprint density at radius 1 is 1.19 bits per heavy atom. The van der Waals surface area contributed by atoms with E-state index >= 15 is 0 Å². The van der Waals surface area contributed by atoms with Gasteiger partial charge in [0.1, 0.15) is 6.04 Å². The second-order valence-electron chi connectivity index (χ2n) is 7.48. The molecule has 6 heteroatoms. The lowest BCUT2D eigenvalue weighted by molar-refractivity contribution is -0.131. The highest BCUT2D eigenvalue weighted by atomic mass is 32.2. The van der Waals surface area contributed by atoms with Crippen molar-refractivity contribution < 1.29 is 13.2 Å². The number of likely N-dealkylation sites (N-methyl/N-ethyl adjacent to an activating group) is 1. The van der Waals surface area contributed by atoms with Crippen molar-refractivity contribution in [1.82, 2.24) is 4.90 Å². The lowest BCUT2D eigenvalue weighted by Gasteiger charge is -2.27. The summed E-state index contributed by atoms with van der Waals surface area (Å²) in [6, 6.07) is 9.90. The first-order valence-corrected chi connectivity index (χ1v) is 10.9. The molecule has 0 bridgehead atoms. The van der Waals surface area contributed by atoms with Gasteiger partial charge in [0.25, 0.3) is 0 Å². The average Bonchev–Trinajstić information content (AvgIpc) is 3.20. The van der Waals surface area contributed by atoms with E-state index in [-0.39, 0.29) is 23.5 Å². The maximum absolute atomic E-state index is 12.8. The van der Waals surface area contributed by atoms with Gasteiger partial charge in [-0.05, 0) is 48.8 Å². The van der Waals surface area contributed by atoms with E-state index < -0.39 is 15.9 Å². The van der Waals surface area contributed by atoms with Gasteiger partial charge in [0.15, 0.2) is 9.84 Å². The molecule has 2 aliphatic rings. The van der Waals surface area contributed by atoms with Crippen molar-refractivity contribution in [3.05, 3.63) is 41.5 Å². The van der Waals surface area contributed by atoms with Crippen LogP contribution in [0, 0.1) is 0 Å². The monoisotopic (exact) mass is 372 g/mol. The van der Waals surface area contributed by atoms with Crippen LogP contribution in [-0.2, 0) is 27.5 Å². The number of benzene rings is 2. The van der Waals surface area contributed by atoms with Crippen molar-refractivity contribution >= 4 is 32.2 Å². The molecule has 1 heterocycles. The van der Waals surface area contributed by atoms with Gasteiger partial charge in [-0.25, -0.2) is 8.42 Å². The third kappa shape index (κ3) is 2.96. The molecular weight excluding hydrogens is 348 g/mol. The van der Waals surface area contributed by atoms with Crippen LogP contribution in [0.5, 0.6) is 0 Å². The van der Waals surface area contributed by atoms with E-state index in [4.69, 9.17) is 0 Å². The van der Waals surface area contributed by atoms with Crippen LogP contribution in [0.4, 0.5) is 5.69 Å². The second kappa shape index (κ2) is 6.27. The first kappa shape index (κ1) is 17.3. The standard InChI is InChI=1S/C20H24N2O3S/c1-13(20(23)22(2)16-10-11-26(24,25)12-16)21-18-9-8-15-7-6-14-4-3-5-17(18)19(14)15/h3-5,8-9,13,16,21H,6-7,10-12H2,1-2H3/t13-,16-/m0/s1. The first-order chi connectivity index (χ1) is 12.4. The minimum atomic E-state index is -3.00. The van der Waals surface area contributed by atoms with Gasteiger partial charge < -0.3 is 10.2 Å². The predicted molar refractivity (Wildman–Crippen MR) is 104 cm³/mol. The van der Waals surface area contributed by atoms with Gasteiger partial charge in [0.2, 0.25) is 5.91 Å². The molecule has 1 aliphatic heterocycles. The number of nitrogens with zero attached hydrogens (tertiary/aromatic N) is 1. The molecule has 0 radical (unpaired) electrons. The number of hydrogen-bond acceptors (Lipinski definition) is 4. The van der Waals surface area contributed by atoms with Gasteiger partial charge in [0.05, 0.1) is 11.5 Å². The largest absolute Gasteiger partial charge is 0.373 e. The highest BCUT2D eigenvalue weighted by molar-refractivity contribution is 7.91. The zero-order valence-corrected chi connectivity index (χ0v) is 16.0. The summed E-state index contributed by atoms with van der Waals surface area (Å²) >= 11 is 0. The number of carbonyl (C=O) groups excluding carboxylic acids is 1. The number of nitrogens with one attached hydrogen (secondary N) is 1. The molecule has 2 atom stereocenters. The molecule has 138 valence electrons. The van der Waals surface area contributed by atoms with E-state index in [1.807, 2.05) is 6.92 Å². The highest BCUT2D eigenvalue weighted by Gasteiger charge is 2.34. The van der Waals surface area contributed by atoms with Crippen molar-refractivity contribution in [3.8, 4) is 0 Å². The summed E-state index contributed by atoms with van der Waals surface area (Å²) in [6.07, 6.45) is 2.67. The van der Waals surface area contributed by atoms with Crippen LogP contribution in [0.2, 0.25) is 0 Å². The van der Waals surface area contributed by atoms with Gasteiger partial charge in [-0.2, -0.15) is 0 Å². The van der Waals surface area contributed by atoms with E-state index in [1.54, 1.807) is 11.9 Å². The lowest BCUT2D eigenvalue weighted by atomic mass is 10.0. The number of rotatable bonds is 4. The van der Waals surface area contributed by atoms with E-state index in [0.29, 0.717) is 6.42 Å². The summed E-state index contributed by atoms with van der Waals surface area (Å²) < 4.78 is 23.4. The van der Waals surface area contributed by atoms with Crippen molar-refractivity contribution in [2.24, 2.45) is 0 Å². The van der Waals surface area contributed by atoms with Crippen LogP contribution in [0.3, 0.4) is 0 Å². The Hall–Kier alpha value is -2.08. The molecule has 1 amide bonds. The molecule has 26 heavy (non-hydrogen) atoms. The first-order valence-electron chi connectivity index (χ1n) is 9.13. The second-order valence-corrected chi connectivity index (χ2v) is 9.71. The van der Waals surface area contributed by atoms with E-state index in [0.717, 1.165) is 23.9 Å². The van der Waals surface area contributed by atoms with Crippen molar-refractivity contribution in [2.45, 2.75) is 38.3 Å². The summed E-state index contributed by atoms with van der Waals surface area (Å²) in [7, 11) is -1.30. The molecule has 1 aliphatic carbocycles. The van der Waals surface area contributed by atoms with Gasteiger partial charge in [-0.15, -0.1) is 0 Å². The third-order valence-corrected chi connectivity index (χ3v) is 7.47. The van der Waals surface area contributed by atoms with Crippen LogP contribution in [0.25, 0.3) is 10.8 Å².